The maximum atomic E-state index is 9.54. The van der Waals surface area contributed by atoms with Gasteiger partial charge in [0.2, 0.25) is 0 Å². The lowest BCUT2D eigenvalue weighted by Crippen LogP contribution is -2.42. The molecule has 1 aliphatic heterocycles. The molecule has 1 saturated heterocycles. The summed E-state index contributed by atoms with van der Waals surface area (Å²) in [6.45, 7) is 5.25. The Hall–Kier alpha value is -1.52. The van der Waals surface area contributed by atoms with E-state index >= 15 is 0 Å². The number of aromatic amines is 1. The minimum Gasteiger partial charge on any atom is -0.508 e. The molecule has 0 unspecified atom stereocenters. The van der Waals surface area contributed by atoms with Gasteiger partial charge in [-0.3, -0.25) is 4.90 Å². The molecule has 4 heteroatoms. The van der Waals surface area contributed by atoms with Crippen molar-refractivity contribution < 1.29 is 5.11 Å². The number of phenols is 1. The molecule has 1 aromatic heterocycles. The Morgan fingerprint density at radius 2 is 2.06 bits per heavy atom. The van der Waals surface area contributed by atoms with Gasteiger partial charge in [-0.1, -0.05) is 0 Å². The van der Waals surface area contributed by atoms with Gasteiger partial charge in [0.25, 0.3) is 0 Å². The molecule has 2 aromatic rings. The lowest BCUT2D eigenvalue weighted by molar-refractivity contribution is 0.234. The van der Waals surface area contributed by atoms with Crippen LogP contribution in [0.1, 0.15) is 5.56 Å². The predicted molar refractivity (Wildman–Crippen MR) is 68.1 cm³/mol. The summed E-state index contributed by atoms with van der Waals surface area (Å²) in [5.41, 5.74) is 2.35. The van der Waals surface area contributed by atoms with Gasteiger partial charge < -0.3 is 15.4 Å². The van der Waals surface area contributed by atoms with E-state index in [2.05, 4.69) is 15.2 Å². The second-order valence-electron chi connectivity index (χ2n) is 4.57. The Kier molecular flexibility index (Phi) is 2.74. The molecule has 0 atom stereocenters. The lowest BCUT2D eigenvalue weighted by Gasteiger charge is -2.26. The topological polar surface area (TPSA) is 51.3 Å². The van der Waals surface area contributed by atoms with Crippen molar-refractivity contribution in [3.63, 3.8) is 0 Å². The van der Waals surface area contributed by atoms with Crippen molar-refractivity contribution in [2.45, 2.75) is 6.54 Å². The van der Waals surface area contributed by atoms with Gasteiger partial charge >= 0.3 is 0 Å². The first-order valence-corrected chi connectivity index (χ1v) is 6.05. The molecular formula is C13H17N3O. The summed E-state index contributed by atoms with van der Waals surface area (Å²) in [6.07, 6.45) is 2.05. The van der Waals surface area contributed by atoms with Crippen LogP contribution in [-0.2, 0) is 6.54 Å². The number of H-pyrrole nitrogens is 1. The average molecular weight is 231 g/mol. The number of aromatic hydroxyl groups is 1. The first kappa shape index (κ1) is 10.6. The van der Waals surface area contributed by atoms with Crippen molar-refractivity contribution >= 4 is 10.9 Å². The van der Waals surface area contributed by atoms with Crippen LogP contribution in [0.25, 0.3) is 10.9 Å². The van der Waals surface area contributed by atoms with Crippen LogP contribution in [0.15, 0.2) is 24.4 Å². The van der Waals surface area contributed by atoms with Gasteiger partial charge in [0.05, 0.1) is 0 Å². The van der Waals surface area contributed by atoms with Crippen molar-refractivity contribution in [1.82, 2.24) is 15.2 Å². The third-order valence-corrected chi connectivity index (χ3v) is 3.35. The SMILES string of the molecule is Oc1ccc2[nH]cc(CN3CCNCC3)c2c1. The second kappa shape index (κ2) is 4.39. The van der Waals surface area contributed by atoms with Gasteiger partial charge in [-0.25, -0.2) is 0 Å². The van der Waals surface area contributed by atoms with Crippen LogP contribution in [-0.4, -0.2) is 41.2 Å². The molecule has 0 radical (unpaired) electrons. The summed E-state index contributed by atoms with van der Waals surface area (Å²) in [5, 5.41) is 14.0. The fourth-order valence-corrected chi connectivity index (χ4v) is 2.41. The van der Waals surface area contributed by atoms with Gasteiger partial charge in [0.15, 0.2) is 0 Å². The zero-order valence-corrected chi connectivity index (χ0v) is 9.74. The number of hydrogen-bond donors (Lipinski definition) is 3. The molecule has 1 fully saturated rings. The molecule has 0 aliphatic carbocycles. The standard InChI is InChI=1S/C13H17N3O/c17-11-1-2-13-12(7-11)10(8-15-13)9-16-5-3-14-4-6-16/h1-2,7-8,14-15,17H,3-6,9H2. The first-order chi connectivity index (χ1) is 8.33. The lowest BCUT2D eigenvalue weighted by atomic mass is 10.1. The largest absolute Gasteiger partial charge is 0.508 e. The molecule has 0 saturated carbocycles. The van der Waals surface area contributed by atoms with Crippen molar-refractivity contribution in [1.29, 1.82) is 0 Å². The fraction of sp³-hybridized carbons (Fsp3) is 0.385. The Morgan fingerprint density at radius 3 is 2.88 bits per heavy atom. The third kappa shape index (κ3) is 2.14. The summed E-state index contributed by atoms with van der Waals surface area (Å²) in [5.74, 6) is 0.332. The van der Waals surface area contributed by atoms with Gasteiger partial charge in [-0.2, -0.15) is 0 Å². The predicted octanol–water partition coefficient (Wildman–Crippen LogP) is 1.28. The molecular weight excluding hydrogens is 214 g/mol. The highest BCUT2D eigenvalue weighted by Gasteiger charge is 2.12. The number of rotatable bonds is 2. The van der Waals surface area contributed by atoms with Crippen LogP contribution in [0.4, 0.5) is 0 Å². The maximum Gasteiger partial charge on any atom is 0.116 e. The number of nitrogens with zero attached hydrogens (tertiary/aromatic N) is 1. The zero-order chi connectivity index (χ0) is 11.7. The minimum atomic E-state index is 0.332. The molecule has 3 N–H and O–H groups in total. The Balaban J connectivity index is 1.86. The molecule has 3 rings (SSSR count). The Morgan fingerprint density at radius 1 is 1.24 bits per heavy atom. The van der Waals surface area contributed by atoms with E-state index < -0.39 is 0 Å². The van der Waals surface area contributed by atoms with E-state index in [0.29, 0.717) is 5.75 Å². The van der Waals surface area contributed by atoms with Gasteiger partial charge in [-0.15, -0.1) is 0 Å². The number of piperazine rings is 1. The summed E-state index contributed by atoms with van der Waals surface area (Å²) in [6, 6.07) is 5.47. The van der Waals surface area contributed by atoms with Gasteiger partial charge in [-0.05, 0) is 23.8 Å². The monoisotopic (exact) mass is 231 g/mol. The number of fused-ring (bicyclic) bond motifs is 1. The number of aromatic nitrogens is 1. The van der Waals surface area contributed by atoms with Gasteiger partial charge in [0.1, 0.15) is 5.75 Å². The van der Waals surface area contributed by atoms with E-state index in [1.54, 1.807) is 6.07 Å². The molecule has 2 heterocycles. The number of benzene rings is 1. The maximum absolute atomic E-state index is 9.54. The van der Waals surface area contributed by atoms with Crippen LogP contribution in [0.2, 0.25) is 0 Å². The zero-order valence-electron chi connectivity index (χ0n) is 9.74. The molecule has 1 aliphatic rings. The molecule has 90 valence electrons. The number of phenolic OH excluding ortho intramolecular Hbond substituents is 1. The smallest absolute Gasteiger partial charge is 0.116 e. The summed E-state index contributed by atoms with van der Waals surface area (Å²) in [7, 11) is 0. The highest BCUT2D eigenvalue weighted by Crippen LogP contribution is 2.23. The van der Waals surface area contributed by atoms with Crippen LogP contribution >= 0.6 is 0 Å². The first-order valence-electron chi connectivity index (χ1n) is 6.05. The van der Waals surface area contributed by atoms with Gasteiger partial charge in [0, 0.05) is 49.8 Å². The molecule has 4 nitrogen and oxygen atoms in total. The van der Waals surface area contributed by atoms with Crippen molar-refractivity contribution in [2.24, 2.45) is 0 Å². The number of hydrogen-bond acceptors (Lipinski definition) is 3. The van der Waals surface area contributed by atoms with E-state index in [1.165, 1.54) is 5.56 Å². The van der Waals surface area contributed by atoms with E-state index in [9.17, 15) is 5.11 Å². The summed E-state index contributed by atoms with van der Waals surface area (Å²) in [4.78, 5) is 5.69. The quantitative estimate of drug-likeness (QED) is 0.729. The van der Waals surface area contributed by atoms with Crippen LogP contribution in [0, 0.1) is 0 Å². The normalized spacial score (nSPS) is 17.6. The average Bonchev–Trinajstić information content (AvgIpc) is 2.73. The highest BCUT2D eigenvalue weighted by molar-refractivity contribution is 5.84. The fourth-order valence-electron chi connectivity index (χ4n) is 2.41. The second-order valence-corrected chi connectivity index (χ2v) is 4.57. The van der Waals surface area contributed by atoms with Crippen LogP contribution < -0.4 is 5.32 Å². The molecule has 1 aromatic carbocycles. The Bertz CT molecular complexity index is 514. The molecule has 0 spiro atoms. The van der Waals surface area contributed by atoms with Crippen LogP contribution in [0.3, 0.4) is 0 Å². The molecule has 0 amide bonds. The van der Waals surface area contributed by atoms with E-state index in [0.717, 1.165) is 43.6 Å². The van der Waals surface area contributed by atoms with Crippen LogP contribution in [0.5, 0.6) is 5.75 Å². The third-order valence-electron chi connectivity index (χ3n) is 3.35. The molecule has 17 heavy (non-hydrogen) atoms. The van der Waals surface area contributed by atoms with E-state index in [-0.39, 0.29) is 0 Å². The van der Waals surface area contributed by atoms with E-state index in [1.807, 2.05) is 18.3 Å². The van der Waals surface area contributed by atoms with Crippen molar-refractivity contribution in [3.8, 4) is 5.75 Å². The molecule has 0 bridgehead atoms. The summed E-state index contributed by atoms with van der Waals surface area (Å²) >= 11 is 0. The van der Waals surface area contributed by atoms with Crippen molar-refractivity contribution in [3.05, 3.63) is 30.0 Å². The van der Waals surface area contributed by atoms with E-state index in [4.69, 9.17) is 0 Å². The highest BCUT2D eigenvalue weighted by atomic mass is 16.3. The minimum absolute atomic E-state index is 0.332. The summed E-state index contributed by atoms with van der Waals surface area (Å²) < 4.78 is 0. The number of nitrogens with one attached hydrogen (secondary N) is 2. The van der Waals surface area contributed by atoms with Crippen molar-refractivity contribution in [2.75, 3.05) is 26.2 Å². The Labute approximate surface area is 100 Å².